The van der Waals surface area contributed by atoms with E-state index in [1.54, 1.807) is 0 Å². The molecular formula is C12H22N2O2. The lowest BCUT2D eigenvalue weighted by atomic mass is 10.1. The molecule has 0 spiro atoms. The van der Waals surface area contributed by atoms with E-state index in [1.165, 1.54) is 0 Å². The van der Waals surface area contributed by atoms with Gasteiger partial charge in [0.1, 0.15) is 0 Å². The highest BCUT2D eigenvalue weighted by molar-refractivity contribution is 5.82. The minimum atomic E-state index is 0.0646. The van der Waals surface area contributed by atoms with Gasteiger partial charge in [0.15, 0.2) is 0 Å². The number of hydrogen-bond acceptors (Lipinski definition) is 3. The third kappa shape index (κ3) is 2.55. The van der Waals surface area contributed by atoms with Crippen molar-refractivity contribution in [3.05, 3.63) is 0 Å². The SMILES string of the molecule is O=C([C@@H]1CCCN1)N1CCCC1CCCO. The summed E-state index contributed by atoms with van der Waals surface area (Å²) in [7, 11) is 0. The predicted octanol–water partition coefficient (Wildman–Crippen LogP) is 0.502. The largest absolute Gasteiger partial charge is 0.396 e. The number of amides is 1. The van der Waals surface area contributed by atoms with E-state index in [0.717, 1.165) is 51.6 Å². The Balaban J connectivity index is 1.88. The smallest absolute Gasteiger partial charge is 0.239 e. The second-order valence-corrected chi connectivity index (χ2v) is 4.84. The molecule has 0 aromatic rings. The van der Waals surface area contributed by atoms with Crippen molar-refractivity contribution in [2.24, 2.45) is 0 Å². The number of aliphatic hydroxyl groups is 1. The van der Waals surface area contributed by atoms with E-state index in [-0.39, 0.29) is 18.6 Å². The van der Waals surface area contributed by atoms with Crippen LogP contribution >= 0.6 is 0 Å². The molecule has 0 aromatic carbocycles. The predicted molar refractivity (Wildman–Crippen MR) is 62.1 cm³/mol. The van der Waals surface area contributed by atoms with Gasteiger partial charge in [0.2, 0.25) is 5.91 Å². The molecule has 2 atom stereocenters. The second kappa shape index (κ2) is 5.64. The number of nitrogens with zero attached hydrogens (tertiary/aromatic N) is 1. The fourth-order valence-electron chi connectivity index (χ4n) is 2.85. The number of rotatable bonds is 4. The molecule has 92 valence electrons. The molecule has 0 bridgehead atoms. The molecule has 0 aromatic heterocycles. The van der Waals surface area contributed by atoms with E-state index in [4.69, 9.17) is 5.11 Å². The van der Waals surface area contributed by atoms with Crippen molar-refractivity contribution in [3.8, 4) is 0 Å². The molecule has 0 aliphatic carbocycles. The Morgan fingerprint density at radius 1 is 1.38 bits per heavy atom. The van der Waals surface area contributed by atoms with Gasteiger partial charge in [-0.05, 0) is 45.1 Å². The summed E-state index contributed by atoms with van der Waals surface area (Å²) < 4.78 is 0. The number of carbonyl (C=O) groups is 1. The molecule has 2 fully saturated rings. The topological polar surface area (TPSA) is 52.6 Å². The molecule has 1 amide bonds. The van der Waals surface area contributed by atoms with Crippen LogP contribution in [0.5, 0.6) is 0 Å². The van der Waals surface area contributed by atoms with Gasteiger partial charge in [-0.3, -0.25) is 4.79 Å². The van der Waals surface area contributed by atoms with E-state index in [2.05, 4.69) is 5.32 Å². The van der Waals surface area contributed by atoms with Crippen LogP contribution in [0, 0.1) is 0 Å². The van der Waals surface area contributed by atoms with Crippen LogP contribution in [0.15, 0.2) is 0 Å². The summed E-state index contributed by atoms with van der Waals surface area (Å²) in [5, 5.41) is 12.1. The van der Waals surface area contributed by atoms with E-state index in [9.17, 15) is 4.79 Å². The lowest BCUT2D eigenvalue weighted by Crippen LogP contribution is -2.45. The molecule has 4 nitrogen and oxygen atoms in total. The number of aliphatic hydroxyl groups excluding tert-OH is 1. The van der Waals surface area contributed by atoms with Crippen LogP contribution < -0.4 is 5.32 Å². The van der Waals surface area contributed by atoms with Crippen molar-refractivity contribution >= 4 is 5.91 Å². The monoisotopic (exact) mass is 226 g/mol. The van der Waals surface area contributed by atoms with Crippen LogP contribution in [0.1, 0.15) is 38.5 Å². The minimum absolute atomic E-state index is 0.0646. The fraction of sp³-hybridized carbons (Fsp3) is 0.917. The van der Waals surface area contributed by atoms with Crippen LogP contribution in [0.2, 0.25) is 0 Å². The van der Waals surface area contributed by atoms with Gasteiger partial charge in [0.25, 0.3) is 0 Å². The van der Waals surface area contributed by atoms with Crippen molar-refractivity contribution in [2.45, 2.75) is 50.6 Å². The highest BCUT2D eigenvalue weighted by Crippen LogP contribution is 2.23. The van der Waals surface area contributed by atoms with Crippen LogP contribution in [-0.2, 0) is 4.79 Å². The summed E-state index contributed by atoms with van der Waals surface area (Å²) in [4.78, 5) is 14.3. The van der Waals surface area contributed by atoms with Crippen molar-refractivity contribution in [1.82, 2.24) is 10.2 Å². The Kier molecular flexibility index (Phi) is 4.18. The van der Waals surface area contributed by atoms with Gasteiger partial charge in [0, 0.05) is 19.2 Å². The van der Waals surface area contributed by atoms with E-state index in [0.29, 0.717) is 6.04 Å². The fourth-order valence-corrected chi connectivity index (χ4v) is 2.85. The molecule has 0 radical (unpaired) electrons. The Morgan fingerprint density at radius 2 is 2.25 bits per heavy atom. The molecule has 2 heterocycles. The molecule has 0 saturated carbocycles. The molecule has 2 aliphatic rings. The van der Waals surface area contributed by atoms with Crippen LogP contribution in [-0.4, -0.2) is 47.7 Å². The van der Waals surface area contributed by atoms with Gasteiger partial charge in [0.05, 0.1) is 6.04 Å². The first kappa shape index (κ1) is 11.9. The zero-order valence-electron chi connectivity index (χ0n) is 9.82. The summed E-state index contributed by atoms with van der Waals surface area (Å²) in [5.41, 5.74) is 0. The first-order chi connectivity index (χ1) is 7.83. The van der Waals surface area contributed by atoms with E-state index in [1.807, 2.05) is 4.90 Å². The lowest BCUT2D eigenvalue weighted by Gasteiger charge is -2.27. The van der Waals surface area contributed by atoms with Crippen LogP contribution in [0.25, 0.3) is 0 Å². The average Bonchev–Trinajstić information content (AvgIpc) is 2.96. The normalized spacial score (nSPS) is 29.9. The average molecular weight is 226 g/mol. The molecule has 2 saturated heterocycles. The Labute approximate surface area is 97.0 Å². The zero-order chi connectivity index (χ0) is 11.4. The van der Waals surface area contributed by atoms with Crippen molar-refractivity contribution < 1.29 is 9.90 Å². The maximum atomic E-state index is 12.2. The quantitative estimate of drug-likeness (QED) is 0.734. The first-order valence-corrected chi connectivity index (χ1v) is 6.47. The van der Waals surface area contributed by atoms with E-state index < -0.39 is 0 Å². The van der Waals surface area contributed by atoms with Gasteiger partial charge in [-0.1, -0.05) is 0 Å². The molecule has 2 aliphatic heterocycles. The Morgan fingerprint density at radius 3 is 2.94 bits per heavy atom. The number of hydrogen-bond donors (Lipinski definition) is 2. The highest BCUT2D eigenvalue weighted by atomic mass is 16.3. The van der Waals surface area contributed by atoms with Gasteiger partial charge in [-0.25, -0.2) is 0 Å². The first-order valence-electron chi connectivity index (χ1n) is 6.47. The van der Waals surface area contributed by atoms with E-state index >= 15 is 0 Å². The van der Waals surface area contributed by atoms with Crippen molar-refractivity contribution in [3.63, 3.8) is 0 Å². The molecule has 1 unspecified atom stereocenters. The van der Waals surface area contributed by atoms with Gasteiger partial charge < -0.3 is 15.3 Å². The Hall–Kier alpha value is -0.610. The summed E-state index contributed by atoms with van der Waals surface area (Å²) in [6.45, 7) is 2.12. The third-order valence-electron chi connectivity index (χ3n) is 3.71. The summed E-state index contributed by atoms with van der Waals surface area (Å²) in [6, 6.07) is 0.441. The molecule has 2 rings (SSSR count). The van der Waals surface area contributed by atoms with Crippen LogP contribution in [0.3, 0.4) is 0 Å². The minimum Gasteiger partial charge on any atom is -0.396 e. The number of nitrogens with one attached hydrogen (secondary N) is 1. The molecule has 2 N–H and O–H groups in total. The highest BCUT2D eigenvalue weighted by Gasteiger charge is 2.33. The van der Waals surface area contributed by atoms with Crippen LogP contribution in [0.4, 0.5) is 0 Å². The number of carbonyl (C=O) groups excluding carboxylic acids is 1. The summed E-state index contributed by atoms with van der Waals surface area (Å²) in [5.74, 6) is 0.290. The summed E-state index contributed by atoms with van der Waals surface area (Å²) in [6.07, 6.45) is 6.10. The second-order valence-electron chi connectivity index (χ2n) is 4.84. The maximum Gasteiger partial charge on any atom is 0.239 e. The maximum absolute atomic E-state index is 12.2. The third-order valence-corrected chi connectivity index (χ3v) is 3.71. The molecule has 16 heavy (non-hydrogen) atoms. The Bertz CT molecular complexity index is 239. The number of likely N-dealkylation sites (tertiary alicyclic amines) is 1. The van der Waals surface area contributed by atoms with Gasteiger partial charge in [-0.2, -0.15) is 0 Å². The van der Waals surface area contributed by atoms with Gasteiger partial charge >= 0.3 is 0 Å². The lowest BCUT2D eigenvalue weighted by molar-refractivity contribution is -0.134. The molecular weight excluding hydrogens is 204 g/mol. The molecule has 4 heteroatoms. The summed E-state index contributed by atoms with van der Waals surface area (Å²) >= 11 is 0. The van der Waals surface area contributed by atoms with Crippen molar-refractivity contribution in [1.29, 1.82) is 0 Å². The standard InChI is InChI=1S/C12H22N2O2/c15-9-3-5-10-4-2-8-14(10)12(16)11-6-1-7-13-11/h10-11,13,15H,1-9H2/t10?,11-/m0/s1. The van der Waals surface area contributed by atoms with Gasteiger partial charge in [-0.15, -0.1) is 0 Å². The zero-order valence-corrected chi connectivity index (χ0v) is 9.82. The van der Waals surface area contributed by atoms with Crippen molar-refractivity contribution in [2.75, 3.05) is 19.7 Å².